The number of likely N-dealkylation sites (tertiary alicyclic amines) is 1. The molecule has 2 unspecified atom stereocenters. The number of nitrogens with zero attached hydrogens (tertiary/aromatic N) is 1. The van der Waals surface area contributed by atoms with E-state index in [4.69, 9.17) is 9.84 Å². The Bertz CT molecular complexity index is 776. The second-order valence-electron chi connectivity index (χ2n) is 7.07. The van der Waals surface area contributed by atoms with Gasteiger partial charge in [0.15, 0.2) is 0 Å². The fourth-order valence-electron chi connectivity index (χ4n) is 2.99. The van der Waals surface area contributed by atoms with Crippen molar-refractivity contribution in [3.63, 3.8) is 0 Å². The van der Waals surface area contributed by atoms with Crippen molar-refractivity contribution in [2.24, 2.45) is 5.92 Å². The maximum Gasteiger partial charge on any atom is 0.305 e. The first-order chi connectivity index (χ1) is 12.6. The summed E-state index contributed by atoms with van der Waals surface area (Å²) in [7, 11) is -2.10. The fraction of sp³-hybridized carbons (Fsp3) is 0.556. The molecule has 27 heavy (non-hydrogen) atoms. The number of hydrogen-bond acceptors (Lipinski definition) is 5. The third-order valence-electron chi connectivity index (χ3n) is 4.47. The van der Waals surface area contributed by atoms with Gasteiger partial charge in [0.2, 0.25) is 10.0 Å². The number of carbonyl (C=O) groups is 2. The first-order valence-electron chi connectivity index (χ1n) is 8.79. The van der Waals surface area contributed by atoms with E-state index in [1.54, 1.807) is 0 Å². The Hall–Kier alpha value is -1.97. The number of methoxy groups -OCH3 is 1. The van der Waals surface area contributed by atoms with Gasteiger partial charge in [-0.05, 0) is 36.6 Å². The molecule has 2 rings (SSSR count). The third-order valence-corrected chi connectivity index (χ3v) is 5.91. The molecule has 9 heteroatoms. The van der Waals surface area contributed by atoms with Gasteiger partial charge >= 0.3 is 5.97 Å². The van der Waals surface area contributed by atoms with Gasteiger partial charge in [-0.25, -0.2) is 13.1 Å². The highest BCUT2D eigenvalue weighted by Crippen LogP contribution is 2.25. The zero-order valence-corrected chi connectivity index (χ0v) is 16.5. The molecule has 1 aliphatic heterocycles. The fourth-order valence-corrected chi connectivity index (χ4v) is 4.20. The van der Waals surface area contributed by atoms with Crippen molar-refractivity contribution in [3.8, 4) is 0 Å². The monoisotopic (exact) mass is 398 g/mol. The molecule has 1 fully saturated rings. The summed E-state index contributed by atoms with van der Waals surface area (Å²) < 4.78 is 32.3. The number of amides is 1. The average molecular weight is 398 g/mol. The molecule has 0 aliphatic carbocycles. The number of sulfonamides is 1. The molecular weight excluding hydrogens is 372 g/mol. The van der Waals surface area contributed by atoms with Crippen LogP contribution in [0.15, 0.2) is 29.2 Å². The molecule has 0 bridgehead atoms. The molecular formula is C18H26N2O6S. The Labute approximate surface area is 159 Å². The first kappa shape index (κ1) is 21.3. The Morgan fingerprint density at radius 1 is 1.30 bits per heavy atom. The van der Waals surface area contributed by atoms with Crippen molar-refractivity contribution < 1.29 is 27.9 Å². The number of benzene rings is 1. The highest BCUT2D eigenvalue weighted by molar-refractivity contribution is 7.89. The topological polar surface area (TPSA) is 113 Å². The molecule has 1 saturated heterocycles. The third kappa shape index (κ3) is 5.50. The van der Waals surface area contributed by atoms with Crippen LogP contribution in [0.1, 0.15) is 37.0 Å². The molecule has 2 atom stereocenters. The van der Waals surface area contributed by atoms with Crippen LogP contribution in [0.25, 0.3) is 0 Å². The highest BCUT2D eigenvalue weighted by atomic mass is 32.2. The van der Waals surface area contributed by atoms with Gasteiger partial charge in [-0.1, -0.05) is 13.8 Å². The van der Waals surface area contributed by atoms with Crippen molar-refractivity contribution in [1.29, 1.82) is 0 Å². The molecule has 0 spiro atoms. The molecule has 1 heterocycles. The minimum absolute atomic E-state index is 0.0815. The zero-order valence-electron chi connectivity index (χ0n) is 15.7. The van der Waals surface area contributed by atoms with E-state index < -0.39 is 22.0 Å². The van der Waals surface area contributed by atoms with Crippen LogP contribution >= 0.6 is 0 Å². The lowest BCUT2D eigenvalue weighted by molar-refractivity contribution is -0.138. The summed E-state index contributed by atoms with van der Waals surface area (Å²) in [5, 5.41) is 9.07. The first-order valence-corrected chi connectivity index (χ1v) is 10.3. The second kappa shape index (κ2) is 8.81. The maximum absolute atomic E-state index is 12.8. The lowest BCUT2D eigenvalue weighted by atomic mass is 10.1. The van der Waals surface area contributed by atoms with Gasteiger partial charge in [0, 0.05) is 31.8 Å². The summed E-state index contributed by atoms with van der Waals surface area (Å²) in [6.45, 7) is 4.44. The van der Waals surface area contributed by atoms with Gasteiger partial charge in [0.25, 0.3) is 5.91 Å². The van der Waals surface area contributed by atoms with Crippen LogP contribution in [0.4, 0.5) is 0 Å². The summed E-state index contributed by atoms with van der Waals surface area (Å²) in [5.74, 6) is -1.14. The number of hydrogen-bond donors (Lipinski definition) is 2. The number of aliphatic carboxylic acids is 1. The van der Waals surface area contributed by atoms with Crippen molar-refractivity contribution in [3.05, 3.63) is 29.8 Å². The Morgan fingerprint density at radius 2 is 1.93 bits per heavy atom. The lowest BCUT2D eigenvalue weighted by Crippen LogP contribution is -2.37. The van der Waals surface area contributed by atoms with Crippen molar-refractivity contribution >= 4 is 21.9 Å². The molecule has 0 radical (unpaired) electrons. The van der Waals surface area contributed by atoms with E-state index in [2.05, 4.69) is 4.72 Å². The molecule has 8 nitrogen and oxygen atoms in total. The van der Waals surface area contributed by atoms with Crippen LogP contribution in [-0.2, 0) is 19.6 Å². The second-order valence-corrected chi connectivity index (χ2v) is 8.84. The SMILES string of the molecule is COC1CC(CC(=O)O)N(C(=O)c2ccc(S(=O)(=O)NCC(C)C)cc2)C1. The predicted octanol–water partition coefficient (Wildman–Crippen LogP) is 1.33. The predicted molar refractivity (Wildman–Crippen MR) is 99.0 cm³/mol. The van der Waals surface area contributed by atoms with Gasteiger partial charge in [0.05, 0.1) is 17.4 Å². The van der Waals surface area contributed by atoms with Gasteiger partial charge in [0.1, 0.15) is 0 Å². The van der Waals surface area contributed by atoms with Gasteiger partial charge in [-0.15, -0.1) is 0 Å². The summed E-state index contributed by atoms with van der Waals surface area (Å²) in [6.07, 6.45) is 0.0929. The normalized spacial score (nSPS) is 20.2. The smallest absolute Gasteiger partial charge is 0.305 e. The largest absolute Gasteiger partial charge is 0.481 e. The molecule has 1 aromatic rings. The Morgan fingerprint density at radius 3 is 2.44 bits per heavy atom. The Kier molecular flexibility index (Phi) is 6.96. The summed E-state index contributed by atoms with van der Waals surface area (Å²) >= 11 is 0. The minimum Gasteiger partial charge on any atom is -0.481 e. The van der Waals surface area contributed by atoms with E-state index in [1.165, 1.54) is 36.3 Å². The van der Waals surface area contributed by atoms with Gasteiger partial charge in [-0.2, -0.15) is 0 Å². The van der Waals surface area contributed by atoms with E-state index >= 15 is 0 Å². The van der Waals surface area contributed by atoms with Crippen molar-refractivity contribution in [2.75, 3.05) is 20.2 Å². The number of nitrogens with one attached hydrogen (secondary N) is 1. The number of carboxylic acids is 1. The molecule has 1 aromatic carbocycles. The van der Waals surface area contributed by atoms with Crippen LogP contribution < -0.4 is 4.72 Å². The zero-order chi connectivity index (χ0) is 20.2. The van der Waals surface area contributed by atoms with E-state index in [9.17, 15) is 18.0 Å². The van der Waals surface area contributed by atoms with Gasteiger partial charge in [-0.3, -0.25) is 9.59 Å². The van der Waals surface area contributed by atoms with E-state index in [-0.39, 0.29) is 29.2 Å². The molecule has 0 aromatic heterocycles. The van der Waals surface area contributed by atoms with Crippen LogP contribution in [0.5, 0.6) is 0 Å². The molecule has 1 amide bonds. The average Bonchev–Trinajstić information content (AvgIpc) is 3.01. The highest BCUT2D eigenvalue weighted by Gasteiger charge is 2.37. The minimum atomic E-state index is -3.63. The molecule has 0 saturated carbocycles. The van der Waals surface area contributed by atoms with E-state index in [1.807, 2.05) is 13.8 Å². The number of carbonyl (C=O) groups excluding carboxylic acids is 1. The maximum atomic E-state index is 12.8. The van der Waals surface area contributed by atoms with Crippen molar-refractivity contribution in [2.45, 2.75) is 43.7 Å². The van der Waals surface area contributed by atoms with Crippen LogP contribution in [0.2, 0.25) is 0 Å². The van der Waals surface area contributed by atoms with Gasteiger partial charge < -0.3 is 14.7 Å². The lowest BCUT2D eigenvalue weighted by Gasteiger charge is -2.23. The standard InChI is InChI=1S/C18H26N2O6S/c1-12(2)10-19-27(24,25)16-6-4-13(5-7-16)18(23)20-11-15(26-3)8-14(20)9-17(21)22/h4-7,12,14-15,19H,8-11H2,1-3H3,(H,21,22). The number of ether oxygens (including phenoxy) is 1. The van der Waals surface area contributed by atoms with Crippen LogP contribution in [0, 0.1) is 5.92 Å². The van der Waals surface area contributed by atoms with Crippen LogP contribution in [0.3, 0.4) is 0 Å². The number of carboxylic acid groups (broad SMARTS) is 1. The Balaban J connectivity index is 2.15. The number of rotatable bonds is 8. The summed E-state index contributed by atoms with van der Waals surface area (Å²) in [6, 6.07) is 5.21. The molecule has 150 valence electrons. The van der Waals surface area contributed by atoms with E-state index in [0.717, 1.165) is 0 Å². The van der Waals surface area contributed by atoms with Crippen LogP contribution in [-0.4, -0.2) is 62.6 Å². The molecule has 2 N–H and O–H groups in total. The summed E-state index contributed by atoms with van der Waals surface area (Å²) in [5.41, 5.74) is 0.310. The van der Waals surface area contributed by atoms with Crippen molar-refractivity contribution in [1.82, 2.24) is 9.62 Å². The quantitative estimate of drug-likeness (QED) is 0.683. The molecule has 1 aliphatic rings. The van der Waals surface area contributed by atoms with E-state index in [0.29, 0.717) is 25.1 Å². The summed E-state index contributed by atoms with van der Waals surface area (Å²) in [4.78, 5) is 25.4.